The minimum atomic E-state index is 0.0827. The number of anilines is 2. The quantitative estimate of drug-likeness (QED) is 0.108. The van der Waals surface area contributed by atoms with E-state index in [9.17, 15) is 5.11 Å². The highest BCUT2D eigenvalue weighted by Crippen LogP contribution is 2.38. The fourth-order valence-corrected chi connectivity index (χ4v) is 5.16. The van der Waals surface area contributed by atoms with Gasteiger partial charge in [0.2, 0.25) is 0 Å². The molecule has 0 spiro atoms. The molecule has 0 radical (unpaired) electrons. The van der Waals surface area contributed by atoms with Gasteiger partial charge in [0.1, 0.15) is 5.69 Å². The van der Waals surface area contributed by atoms with Crippen molar-refractivity contribution in [2.45, 2.75) is 34.2 Å². The van der Waals surface area contributed by atoms with Gasteiger partial charge in [-0.3, -0.25) is 0 Å². The largest absolute Gasteiger partial charge is 0.505 e. The van der Waals surface area contributed by atoms with Crippen molar-refractivity contribution in [2.24, 2.45) is 30.7 Å². The molecule has 0 aromatic heterocycles. The summed E-state index contributed by atoms with van der Waals surface area (Å²) in [7, 11) is 0. The average Bonchev–Trinajstić information content (AvgIpc) is 3.09. The molecule has 6 aromatic carbocycles. The molecule has 238 valence electrons. The molecule has 4 N–H and O–H groups in total. The van der Waals surface area contributed by atoms with E-state index in [-0.39, 0.29) is 5.75 Å². The van der Waals surface area contributed by atoms with Crippen LogP contribution in [-0.4, -0.2) is 5.11 Å². The first-order valence-corrected chi connectivity index (χ1v) is 15.6. The second-order valence-corrected chi connectivity index (χ2v) is 11.8. The number of aromatic hydroxyl groups is 1. The van der Waals surface area contributed by atoms with Crippen molar-refractivity contribution in [3.63, 3.8) is 0 Å². The topological polar surface area (TPSA) is 132 Å². The lowest BCUT2D eigenvalue weighted by molar-refractivity contribution is 0.482. The molecule has 0 aliphatic heterocycles. The predicted molar refractivity (Wildman–Crippen MR) is 195 cm³/mol. The van der Waals surface area contributed by atoms with Gasteiger partial charge < -0.3 is 16.2 Å². The van der Waals surface area contributed by atoms with Gasteiger partial charge in [-0.05, 0) is 134 Å². The Morgan fingerprint density at radius 3 is 1.62 bits per heavy atom. The van der Waals surface area contributed by atoms with Gasteiger partial charge in [-0.2, -0.15) is 25.6 Å². The number of nitrogen functional groups attached to an aromatic ring is 1. The molecule has 0 unspecified atom stereocenters. The highest BCUT2D eigenvalue weighted by atomic mass is 16.3. The van der Waals surface area contributed by atoms with Gasteiger partial charge in [0.25, 0.3) is 0 Å². The first-order chi connectivity index (χ1) is 23.2. The van der Waals surface area contributed by atoms with Crippen LogP contribution in [0.2, 0.25) is 0 Å². The fourth-order valence-electron chi connectivity index (χ4n) is 5.16. The first kappa shape index (κ1) is 31.7. The van der Waals surface area contributed by atoms with Gasteiger partial charge in [0, 0.05) is 23.3 Å². The molecule has 6 rings (SSSR count). The van der Waals surface area contributed by atoms with E-state index in [4.69, 9.17) is 5.73 Å². The summed E-state index contributed by atoms with van der Waals surface area (Å²) in [5, 5.41) is 42.8. The van der Waals surface area contributed by atoms with Crippen molar-refractivity contribution in [1.82, 2.24) is 0 Å². The Bertz CT molecular complexity index is 2190. The van der Waals surface area contributed by atoms with Gasteiger partial charge in [0.15, 0.2) is 5.75 Å². The highest BCUT2D eigenvalue weighted by Gasteiger charge is 2.10. The molecule has 0 saturated heterocycles. The molecule has 0 amide bonds. The molecule has 48 heavy (non-hydrogen) atoms. The second-order valence-electron chi connectivity index (χ2n) is 11.8. The van der Waals surface area contributed by atoms with Crippen LogP contribution in [0.15, 0.2) is 140 Å². The number of aryl methyl sites for hydroxylation is 4. The number of nitrogens with one attached hydrogen (secondary N) is 1. The first-order valence-electron chi connectivity index (χ1n) is 15.6. The lowest BCUT2D eigenvalue weighted by atomic mass is 10.1. The van der Waals surface area contributed by atoms with E-state index in [1.807, 2.05) is 131 Å². The summed E-state index contributed by atoms with van der Waals surface area (Å²) in [6.45, 7) is 8.55. The van der Waals surface area contributed by atoms with Crippen LogP contribution < -0.4 is 11.1 Å². The van der Waals surface area contributed by atoms with Crippen LogP contribution in [-0.2, 0) is 6.54 Å². The average molecular weight is 633 g/mol. The monoisotopic (exact) mass is 632 g/mol. The van der Waals surface area contributed by atoms with Crippen molar-refractivity contribution in [3.8, 4) is 5.75 Å². The lowest BCUT2D eigenvalue weighted by Crippen LogP contribution is -1.99. The Balaban J connectivity index is 1.15. The Hall–Kier alpha value is -6.22. The standard InChI is InChI=1S/C39H36N8O/c1-24-19-37(25(2)18-35(24)44-42-31-8-6-5-7-9-31)46-47-38-21-26(3)36(20-27(38)4)45-43-34-17-12-29-22-32(15-16-33(29)39(34)48)41-23-28-10-13-30(40)14-11-28/h5-22,41,48H,23,40H2,1-4H3. The lowest BCUT2D eigenvalue weighted by Gasteiger charge is -2.10. The minimum absolute atomic E-state index is 0.0827. The molecule has 0 aliphatic carbocycles. The van der Waals surface area contributed by atoms with Crippen LogP contribution >= 0.6 is 0 Å². The molecule has 0 fully saturated rings. The van der Waals surface area contributed by atoms with Crippen LogP contribution in [0.4, 0.5) is 45.5 Å². The molecular weight excluding hydrogens is 596 g/mol. The zero-order valence-electron chi connectivity index (χ0n) is 27.3. The summed E-state index contributed by atoms with van der Waals surface area (Å²) in [6, 6.07) is 34.8. The number of fused-ring (bicyclic) bond motifs is 1. The van der Waals surface area contributed by atoms with E-state index in [0.717, 1.165) is 67.3 Å². The van der Waals surface area contributed by atoms with E-state index in [2.05, 4.69) is 36.0 Å². The van der Waals surface area contributed by atoms with Crippen molar-refractivity contribution >= 4 is 56.3 Å². The fraction of sp³-hybridized carbons (Fsp3) is 0.128. The number of azo groups is 3. The van der Waals surface area contributed by atoms with Gasteiger partial charge in [-0.15, -0.1) is 5.11 Å². The SMILES string of the molecule is Cc1cc(N=Nc2cc(C)c(N=Nc3ccc4cc(NCc5ccc(N)cc5)ccc4c3O)cc2C)c(C)cc1N=Nc1ccccc1. The van der Waals surface area contributed by atoms with Crippen LogP contribution in [0.5, 0.6) is 5.75 Å². The zero-order chi connectivity index (χ0) is 33.6. The maximum absolute atomic E-state index is 11.0. The van der Waals surface area contributed by atoms with Crippen molar-refractivity contribution in [3.05, 3.63) is 137 Å². The number of hydrogen-bond donors (Lipinski definition) is 3. The van der Waals surface area contributed by atoms with E-state index in [0.29, 0.717) is 23.3 Å². The third-order valence-corrected chi connectivity index (χ3v) is 8.04. The summed E-state index contributed by atoms with van der Waals surface area (Å²) in [5.74, 6) is 0.0827. The van der Waals surface area contributed by atoms with Gasteiger partial charge in [0.05, 0.1) is 28.4 Å². The summed E-state index contributed by atoms with van der Waals surface area (Å²) < 4.78 is 0. The second kappa shape index (κ2) is 14.0. The number of nitrogens with two attached hydrogens (primary N) is 1. The Morgan fingerprint density at radius 1 is 0.542 bits per heavy atom. The third-order valence-electron chi connectivity index (χ3n) is 8.04. The Labute approximate surface area is 279 Å². The maximum atomic E-state index is 11.0. The smallest absolute Gasteiger partial charge is 0.150 e. The third kappa shape index (κ3) is 7.42. The molecule has 9 heteroatoms. The molecule has 9 nitrogen and oxygen atoms in total. The Kier molecular flexibility index (Phi) is 9.29. The van der Waals surface area contributed by atoms with Crippen molar-refractivity contribution in [2.75, 3.05) is 11.1 Å². The van der Waals surface area contributed by atoms with Crippen molar-refractivity contribution < 1.29 is 5.11 Å². The summed E-state index contributed by atoms with van der Waals surface area (Å²) in [5.41, 5.74) is 16.5. The van der Waals surface area contributed by atoms with E-state index in [1.54, 1.807) is 6.07 Å². The van der Waals surface area contributed by atoms with E-state index < -0.39 is 0 Å². The molecule has 0 aliphatic rings. The Morgan fingerprint density at radius 2 is 1.06 bits per heavy atom. The number of nitrogens with zero attached hydrogens (tertiary/aromatic N) is 6. The number of phenolic OH excluding ortho intramolecular Hbond substituents is 1. The van der Waals surface area contributed by atoms with E-state index >= 15 is 0 Å². The van der Waals surface area contributed by atoms with Crippen LogP contribution in [0.3, 0.4) is 0 Å². The molecule has 0 heterocycles. The molecule has 0 atom stereocenters. The number of hydrogen-bond acceptors (Lipinski definition) is 9. The highest BCUT2D eigenvalue weighted by molar-refractivity contribution is 5.94. The normalized spacial score (nSPS) is 11.8. The molecule has 0 bridgehead atoms. The number of benzene rings is 6. The summed E-state index contributed by atoms with van der Waals surface area (Å²) in [4.78, 5) is 0. The summed E-state index contributed by atoms with van der Waals surface area (Å²) in [6.07, 6.45) is 0. The van der Waals surface area contributed by atoms with Crippen LogP contribution in [0, 0.1) is 27.7 Å². The van der Waals surface area contributed by atoms with Gasteiger partial charge in [-0.1, -0.05) is 36.4 Å². The number of rotatable bonds is 9. The molecule has 6 aromatic rings. The van der Waals surface area contributed by atoms with Gasteiger partial charge >= 0.3 is 0 Å². The molecular formula is C39H36N8O. The van der Waals surface area contributed by atoms with Crippen LogP contribution in [0.25, 0.3) is 10.8 Å². The zero-order valence-corrected chi connectivity index (χ0v) is 27.3. The maximum Gasteiger partial charge on any atom is 0.150 e. The molecule has 0 saturated carbocycles. The van der Waals surface area contributed by atoms with Gasteiger partial charge in [-0.25, -0.2) is 0 Å². The number of phenols is 1. The summed E-state index contributed by atoms with van der Waals surface area (Å²) >= 11 is 0. The van der Waals surface area contributed by atoms with Crippen LogP contribution in [0.1, 0.15) is 27.8 Å². The minimum Gasteiger partial charge on any atom is -0.505 e. The predicted octanol–water partition coefficient (Wildman–Crippen LogP) is 12.2. The van der Waals surface area contributed by atoms with Crippen molar-refractivity contribution in [1.29, 1.82) is 0 Å². The van der Waals surface area contributed by atoms with E-state index in [1.165, 1.54) is 0 Å².